The van der Waals surface area contributed by atoms with E-state index >= 15 is 0 Å². The normalized spacial score (nSPS) is 10.7. The van der Waals surface area contributed by atoms with E-state index in [4.69, 9.17) is 9.97 Å². The van der Waals surface area contributed by atoms with Crippen LogP contribution in [0.5, 0.6) is 0 Å². The second kappa shape index (κ2) is 12.3. The number of rotatable bonds is 13. The van der Waals surface area contributed by atoms with Gasteiger partial charge in [0.15, 0.2) is 0 Å². The Morgan fingerprint density at radius 3 is 1.50 bits per heavy atom. The standard InChI is InChI=1S/C22H34N4/c1-3-5-7-9-17-23-21-15-11-13-19(25-21)20-14-12-16-22(26-20)24-18-10-8-6-4-2/h11-16H,3-10,17-18H2,1-2H3,(H,23,25)(H,24,26). The lowest BCUT2D eigenvalue weighted by Crippen LogP contribution is -2.05. The van der Waals surface area contributed by atoms with Gasteiger partial charge in [0, 0.05) is 13.1 Å². The molecule has 0 saturated heterocycles. The molecule has 142 valence electrons. The van der Waals surface area contributed by atoms with Crippen LogP contribution in [0.2, 0.25) is 0 Å². The Balaban J connectivity index is 1.89. The summed E-state index contributed by atoms with van der Waals surface area (Å²) in [5.74, 6) is 1.86. The van der Waals surface area contributed by atoms with E-state index < -0.39 is 0 Å². The lowest BCUT2D eigenvalue weighted by Gasteiger charge is -2.09. The average molecular weight is 355 g/mol. The van der Waals surface area contributed by atoms with E-state index in [-0.39, 0.29) is 0 Å². The van der Waals surface area contributed by atoms with E-state index in [9.17, 15) is 0 Å². The van der Waals surface area contributed by atoms with E-state index in [1.165, 1.54) is 51.4 Å². The molecule has 0 bridgehead atoms. The molecule has 0 atom stereocenters. The summed E-state index contributed by atoms with van der Waals surface area (Å²) in [6.07, 6.45) is 10.1. The lowest BCUT2D eigenvalue weighted by molar-refractivity contribution is 0.684. The molecule has 2 rings (SSSR count). The Labute approximate surface area is 158 Å². The molecule has 0 aromatic carbocycles. The van der Waals surface area contributed by atoms with Gasteiger partial charge in [0.25, 0.3) is 0 Å². The Morgan fingerprint density at radius 1 is 0.615 bits per heavy atom. The number of nitrogens with zero attached hydrogens (tertiary/aromatic N) is 2. The van der Waals surface area contributed by atoms with Gasteiger partial charge in [-0.25, -0.2) is 9.97 Å². The SMILES string of the molecule is CCCCCCNc1cccc(-c2cccc(NCCCCCC)n2)n1. The van der Waals surface area contributed by atoms with Crippen molar-refractivity contribution >= 4 is 11.6 Å². The van der Waals surface area contributed by atoms with Gasteiger partial charge < -0.3 is 10.6 Å². The van der Waals surface area contributed by atoms with E-state index in [0.29, 0.717) is 0 Å². The van der Waals surface area contributed by atoms with Gasteiger partial charge in [-0.05, 0) is 37.1 Å². The van der Waals surface area contributed by atoms with Crippen LogP contribution >= 0.6 is 0 Å². The largest absolute Gasteiger partial charge is 0.370 e. The van der Waals surface area contributed by atoms with Crippen molar-refractivity contribution in [2.24, 2.45) is 0 Å². The molecule has 4 nitrogen and oxygen atoms in total. The Bertz CT molecular complexity index is 572. The van der Waals surface area contributed by atoms with Crippen LogP contribution in [0.4, 0.5) is 11.6 Å². The number of hydrogen-bond donors (Lipinski definition) is 2. The molecule has 0 unspecified atom stereocenters. The highest BCUT2D eigenvalue weighted by molar-refractivity contribution is 5.59. The molecule has 0 aliphatic carbocycles. The van der Waals surface area contributed by atoms with Crippen molar-refractivity contribution < 1.29 is 0 Å². The lowest BCUT2D eigenvalue weighted by atomic mass is 10.2. The zero-order valence-electron chi connectivity index (χ0n) is 16.4. The third kappa shape index (κ3) is 7.42. The van der Waals surface area contributed by atoms with Crippen molar-refractivity contribution in [1.29, 1.82) is 0 Å². The molecule has 0 amide bonds. The zero-order chi connectivity index (χ0) is 18.5. The Hall–Kier alpha value is -2.10. The van der Waals surface area contributed by atoms with Crippen molar-refractivity contribution in [3.8, 4) is 11.4 Å². The number of nitrogens with one attached hydrogen (secondary N) is 2. The fourth-order valence-corrected chi connectivity index (χ4v) is 2.89. The summed E-state index contributed by atoms with van der Waals surface area (Å²) < 4.78 is 0. The monoisotopic (exact) mass is 354 g/mol. The molecule has 2 N–H and O–H groups in total. The van der Waals surface area contributed by atoms with E-state index in [0.717, 1.165) is 36.1 Å². The maximum atomic E-state index is 4.72. The number of pyridine rings is 2. The summed E-state index contributed by atoms with van der Waals surface area (Å²) in [4.78, 5) is 9.44. The molecule has 0 fully saturated rings. The first-order valence-corrected chi connectivity index (χ1v) is 10.3. The first-order chi connectivity index (χ1) is 12.8. The smallest absolute Gasteiger partial charge is 0.126 e. The predicted molar refractivity (Wildman–Crippen MR) is 113 cm³/mol. The Kier molecular flexibility index (Phi) is 9.55. The molecule has 0 spiro atoms. The highest BCUT2D eigenvalue weighted by atomic mass is 15.0. The van der Waals surface area contributed by atoms with Gasteiger partial charge in [-0.1, -0.05) is 64.5 Å². The van der Waals surface area contributed by atoms with Crippen LogP contribution in [-0.2, 0) is 0 Å². The molecule has 2 aromatic rings. The molecule has 2 aromatic heterocycles. The number of hydrogen-bond acceptors (Lipinski definition) is 4. The first-order valence-electron chi connectivity index (χ1n) is 10.3. The molecular weight excluding hydrogens is 320 g/mol. The van der Waals surface area contributed by atoms with Gasteiger partial charge in [0.2, 0.25) is 0 Å². The average Bonchev–Trinajstić information content (AvgIpc) is 2.68. The third-order valence-electron chi connectivity index (χ3n) is 4.43. The molecule has 0 saturated carbocycles. The van der Waals surface area contributed by atoms with Gasteiger partial charge in [0.1, 0.15) is 11.6 Å². The second-order valence-corrected chi connectivity index (χ2v) is 6.79. The van der Waals surface area contributed by atoms with Gasteiger partial charge in [-0.3, -0.25) is 0 Å². The predicted octanol–water partition coefficient (Wildman–Crippen LogP) is 6.13. The topological polar surface area (TPSA) is 49.8 Å². The molecule has 0 radical (unpaired) electrons. The minimum Gasteiger partial charge on any atom is -0.370 e. The van der Waals surface area contributed by atoms with Crippen LogP contribution in [0.15, 0.2) is 36.4 Å². The summed E-state index contributed by atoms with van der Waals surface area (Å²) in [5, 5.41) is 6.86. The molecule has 0 aliphatic heterocycles. The summed E-state index contributed by atoms with van der Waals surface area (Å²) in [6, 6.07) is 12.2. The molecule has 2 heterocycles. The molecule has 0 aliphatic rings. The molecule has 26 heavy (non-hydrogen) atoms. The Morgan fingerprint density at radius 2 is 1.08 bits per heavy atom. The molecular formula is C22H34N4. The minimum atomic E-state index is 0.915. The van der Waals surface area contributed by atoms with Crippen LogP contribution in [0.3, 0.4) is 0 Å². The van der Waals surface area contributed by atoms with E-state index in [1.807, 2.05) is 36.4 Å². The van der Waals surface area contributed by atoms with Crippen LogP contribution < -0.4 is 10.6 Å². The molecule has 4 heteroatoms. The van der Waals surface area contributed by atoms with Gasteiger partial charge in [0.05, 0.1) is 11.4 Å². The van der Waals surface area contributed by atoms with Crippen molar-refractivity contribution in [3.63, 3.8) is 0 Å². The van der Waals surface area contributed by atoms with Crippen molar-refractivity contribution in [1.82, 2.24) is 9.97 Å². The maximum absolute atomic E-state index is 4.72. The summed E-state index contributed by atoms with van der Waals surface area (Å²) in [5.41, 5.74) is 1.83. The van der Waals surface area contributed by atoms with E-state index in [1.54, 1.807) is 0 Å². The number of unbranched alkanes of at least 4 members (excludes halogenated alkanes) is 6. The fraction of sp³-hybridized carbons (Fsp3) is 0.545. The van der Waals surface area contributed by atoms with Crippen molar-refractivity contribution in [2.75, 3.05) is 23.7 Å². The van der Waals surface area contributed by atoms with Crippen LogP contribution in [0.1, 0.15) is 65.2 Å². The number of aromatic nitrogens is 2. The van der Waals surface area contributed by atoms with E-state index in [2.05, 4.69) is 24.5 Å². The zero-order valence-corrected chi connectivity index (χ0v) is 16.4. The first kappa shape index (κ1) is 20.2. The van der Waals surface area contributed by atoms with Crippen LogP contribution in [0, 0.1) is 0 Å². The summed E-state index contributed by atoms with van der Waals surface area (Å²) in [6.45, 7) is 6.42. The van der Waals surface area contributed by atoms with Gasteiger partial charge in [-0.2, -0.15) is 0 Å². The van der Waals surface area contributed by atoms with Crippen molar-refractivity contribution in [3.05, 3.63) is 36.4 Å². The van der Waals surface area contributed by atoms with Crippen LogP contribution in [0.25, 0.3) is 11.4 Å². The highest BCUT2D eigenvalue weighted by Crippen LogP contribution is 2.19. The quantitative estimate of drug-likeness (QED) is 0.425. The van der Waals surface area contributed by atoms with Crippen molar-refractivity contribution in [2.45, 2.75) is 65.2 Å². The second-order valence-electron chi connectivity index (χ2n) is 6.79. The van der Waals surface area contributed by atoms with Gasteiger partial charge in [-0.15, -0.1) is 0 Å². The minimum absolute atomic E-state index is 0.915. The van der Waals surface area contributed by atoms with Crippen LogP contribution in [-0.4, -0.2) is 23.1 Å². The highest BCUT2D eigenvalue weighted by Gasteiger charge is 2.04. The van der Waals surface area contributed by atoms with Gasteiger partial charge >= 0.3 is 0 Å². The summed E-state index contributed by atoms with van der Waals surface area (Å²) >= 11 is 0. The summed E-state index contributed by atoms with van der Waals surface area (Å²) in [7, 11) is 0. The number of anilines is 2. The third-order valence-corrected chi connectivity index (χ3v) is 4.43. The maximum Gasteiger partial charge on any atom is 0.126 e. The fourth-order valence-electron chi connectivity index (χ4n) is 2.89.